The molecule has 4 heteroatoms. The summed E-state index contributed by atoms with van der Waals surface area (Å²) in [5, 5.41) is 13.1. The van der Waals surface area contributed by atoms with E-state index in [1.807, 2.05) is 0 Å². The average molecular weight is 213 g/mol. The number of hydrogen-bond acceptors (Lipinski definition) is 2. The molecule has 0 atom stereocenters. The summed E-state index contributed by atoms with van der Waals surface area (Å²) in [6.07, 6.45) is 3.24. The number of aromatic nitrogens is 2. The van der Waals surface area contributed by atoms with E-state index in [1.165, 1.54) is 0 Å². The summed E-state index contributed by atoms with van der Waals surface area (Å²) in [5.41, 5.74) is 0.947. The molecular weight excluding hydrogens is 208 g/mol. The van der Waals surface area contributed by atoms with Crippen molar-refractivity contribution in [1.29, 1.82) is 0 Å². The Balaban J connectivity index is 2.86. The molecule has 0 aliphatic heterocycles. The fourth-order valence-corrected chi connectivity index (χ4v) is 1.35. The molecule has 2 rings (SSSR count). The lowest BCUT2D eigenvalue weighted by Gasteiger charge is -1.93. The smallest absolute Gasteiger partial charge is 0.133 e. The van der Waals surface area contributed by atoms with E-state index in [2.05, 4.69) is 21.0 Å². The van der Waals surface area contributed by atoms with Gasteiger partial charge in [0.2, 0.25) is 0 Å². The third-order valence-corrected chi connectivity index (χ3v) is 2.06. The predicted molar refractivity (Wildman–Crippen MR) is 44.6 cm³/mol. The molecule has 3 nitrogen and oxygen atoms in total. The van der Waals surface area contributed by atoms with Crippen LogP contribution in [0, 0.1) is 0 Å². The van der Waals surface area contributed by atoms with E-state index in [0.29, 0.717) is 0 Å². The van der Waals surface area contributed by atoms with Crippen molar-refractivity contribution in [1.82, 2.24) is 9.61 Å². The summed E-state index contributed by atoms with van der Waals surface area (Å²) >= 11 is 3.33. The molecule has 0 aliphatic rings. The van der Waals surface area contributed by atoms with Crippen molar-refractivity contribution >= 4 is 21.4 Å². The Morgan fingerprint density at radius 1 is 1.45 bits per heavy atom. The van der Waals surface area contributed by atoms with Crippen LogP contribution in [0.2, 0.25) is 0 Å². The zero-order chi connectivity index (χ0) is 7.84. The van der Waals surface area contributed by atoms with Crippen molar-refractivity contribution in [3.05, 3.63) is 29.0 Å². The molecule has 11 heavy (non-hydrogen) atoms. The number of hydrogen-bond donors (Lipinski definition) is 1. The molecule has 2 aromatic rings. The number of pyridine rings is 1. The molecule has 1 N–H and O–H groups in total. The van der Waals surface area contributed by atoms with Gasteiger partial charge < -0.3 is 5.11 Å². The van der Waals surface area contributed by atoms with Crippen molar-refractivity contribution < 1.29 is 5.11 Å². The first-order valence-corrected chi connectivity index (χ1v) is 3.88. The van der Waals surface area contributed by atoms with Gasteiger partial charge in [0.1, 0.15) is 5.75 Å². The molecule has 0 spiro atoms. The molecule has 0 fully saturated rings. The van der Waals surface area contributed by atoms with E-state index in [9.17, 15) is 0 Å². The summed E-state index contributed by atoms with van der Waals surface area (Å²) in [4.78, 5) is 0. The van der Waals surface area contributed by atoms with Crippen molar-refractivity contribution in [2.24, 2.45) is 0 Å². The molecule has 2 heterocycles. The van der Waals surface area contributed by atoms with Crippen LogP contribution in [-0.2, 0) is 0 Å². The van der Waals surface area contributed by atoms with Crippen molar-refractivity contribution in [2.75, 3.05) is 0 Å². The number of nitrogens with zero attached hydrogens (tertiary/aromatic N) is 2. The van der Waals surface area contributed by atoms with Crippen LogP contribution in [0.1, 0.15) is 0 Å². The largest absolute Gasteiger partial charge is 0.506 e. The molecular formula is C7H5BrN2O. The maximum Gasteiger partial charge on any atom is 0.133 e. The van der Waals surface area contributed by atoms with Crippen molar-refractivity contribution in [3.8, 4) is 5.75 Å². The van der Waals surface area contributed by atoms with Crippen LogP contribution in [-0.4, -0.2) is 14.7 Å². The predicted octanol–water partition coefficient (Wildman–Crippen LogP) is 1.80. The van der Waals surface area contributed by atoms with Gasteiger partial charge in [0.15, 0.2) is 0 Å². The van der Waals surface area contributed by atoms with Gasteiger partial charge in [-0.3, -0.25) is 0 Å². The second-order valence-electron chi connectivity index (χ2n) is 2.21. The minimum absolute atomic E-state index is 0.216. The fourth-order valence-electron chi connectivity index (χ4n) is 0.942. The van der Waals surface area contributed by atoms with Crippen LogP contribution in [0.15, 0.2) is 29.0 Å². The van der Waals surface area contributed by atoms with Crippen LogP contribution in [0.3, 0.4) is 0 Å². The third kappa shape index (κ3) is 0.991. The molecule has 56 valence electrons. The van der Waals surface area contributed by atoms with E-state index in [0.717, 1.165) is 9.99 Å². The number of fused-ring (bicyclic) bond motifs is 1. The molecule has 0 saturated carbocycles. The lowest BCUT2D eigenvalue weighted by molar-refractivity contribution is 0.470. The molecule has 2 aromatic heterocycles. The molecule has 0 aromatic carbocycles. The highest BCUT2D eigenvalue weighted by Gasteiger charge is 1.99. The first-order valence-electron chi connectivity index (χ1n) is 3.09. The van der Waals surface area contributed by atoms with E-state index in [-0.39, 0.29) is 5.75 Å². The number of halogens is 1. The quantitative estimate of drug-likeness (QED) is 0.724. The lowest BCUT2D eigenvalue weighted by Crippen LogP contribution is -1.83. The van der Waals surface area contributed by atoms with E-state index in [1.54, 1.807) is 29.0 Å². The van der Waals surface area contributed by atoms with Gasteiger partial charge in [-0.05, 0) is 28.1 Å². The van der Waals surface area contributed by atoms with Gasteiger partial charge in [0.05, 0.1) is 22.4 Å². The highest BCUT2D eigenvalue weighted by atomic mass is 79.9. The fraction of sp³-hybridized carbons (Fsp3) is 0. The van der Waals surface area contributed by atoms with Gasteiger partial charge >= 0.3 is 0 Å². The minimum atomic E-state index is 0.216. The summed E-state index contributed by atoms with van der Waals surface area (Å²) in [6, 6.07) is 3.42. The van der Waals surface area contributed by atoms with Crippen LogP contribution in [0.5, 0.6) is 5.75 Å². The number of rotatable bonds is 0. The van der Waals surface area contributed by atoms with Gasteiger partial charge in [-0.2, -0.15) is 5.10 Å². The van der Waals surface area contributed by atoms with Crippen LogP contribution >= 0.6 is 15.9 Å². The minimum Gasteiger partial charge on any atom is -0.506 e. The highest BCUT2D eigenvalue weighted by Crippen LogP contribution is 2.19. The van der Waals surface area contributed by atoms with E-state index in [4.69, 9.17) is 5.11 Å². The standard InChI is InChI=1S/C7H5BrN2O/c8-6-3-9-10-4-5(11)1-2-7(6)10/h1-4,11H. The second kappa shape index (κ2) is 2.23. The normalized spacial score (nSPS) is 10.6. The summed E-state index contributed by atoms with van der Waals surface area (Å²) in [5.74, 6) is 0.216. The Bertz CT molecular complexity index is 396. The van der Waals surface area contributed by atoms with Gasteiger partial charge in [-0.15, -0.1) is 0 Å². The van der Waals surface area contributed by atoms with Crippen LogP contribution < -0.4 is 0 Å². The lowest BCUT2D eigenvalue weighted by atomic mass is 10.4. The molecule has 0 bridgehead atoms. The maximum absolute atomic E-state index is 9.06. The first kappa shape index (κ1) is 6.67. The van der Waals surface area contributed by atoms with E-state index < -0.39 is 0 Å². The van der Waals surface area contributed by atoms with Gasteiger partial charge in [0.25, 0.3) is 0 Å². The van der Waals surface area contributed by atoms with Gasteiger partial charge in [-0.1, -0.05) is 0 Å². The maximum atomic E-state index is 9.06. The Labute approximate surface area is 71.4 Å². The Hall–Kier alpha value is -1.03. The van der Waals surface area contributed by atoms with E-state index >= 15 is 0 Å². The molecule has 0 saturated heterocycles. The number of aromatic hydroxyl groups is 1. The monoisotopic (exact) mass is 212 g/mol. The topological polar surface area (TPSA) is 37.5 Å². The molecule has 0 amide bonds. The van der Waals surface area contributed by atoms with Crippen molar-refractivity contribution in [3.63, 3.8) is 0 Å². The second-order valence-corrected chi connectivity index (χ2v) is 3.06. The van der Waals surface area contributed by atoms with Crippen LogP contribution in [0.25, 0.3) is 5.52 Å². The zero-order valence-electron chi connectivity index (χ0n) is 5.53. The summed E-state index contributed by atoms with van der Waals surface area (Å²) in [6.45, 7) is 0. The molecule has 0 unspecified atom stereocenters. The average Bonchev–Trinajstić information content (AvgIpc) is 2.32. The zero-order valence-corrected chi connectivity index (χ0v) is 7.12. The van der Waals surface area contributed by atoms with Gasteiger partial charge in [-0.25, -0.2) is 4.52 Å². The molecule has 0 aliphatic carbocycles. The Kier molecular flexibility index (Phi) is 1.35. The summed E-state index contributed by atoms with van der Waals surface area (Å²) in [7, 11) is 0. The highest BCUT2D eigenvalue weighted by molar-refractivity contribution is 9.10. The SMILES string of the molecule is Oc1ccc2c(Br)cnn2c1. The Morgan fingerprint density at radius 2 is 2.27 bits per heavy atom. The third-order valence-electron chi connectivity index (χ3n) is 1.45. The summed E-state index contributed by atoms with van der Waals surface area (Å²) < 4.78 is 2.54. The molecule has 0 radical (unpaired) electrons. The van der Waals surface area contributed by atoms with Crippen LogP contribution in [0.4, 0.5) is 0 Å². The van der Waals surface area contributed by atoms with Crippen molar-refractivity contribution in [2.45, 2.75) is 0 Å². The van der Waals surface area contributed by atoms with Gasteiger partial charge in [0, 0.05) is 0 Å². The first-order chi connectivity index (χ1) is 5.27. The Morgan fingerprint density at radius 3 is 3.09 bits per heavy atom.